The molecule has 0 aromatic rings. The normalized spacial score (nSPS) is 14.2. The molecule has 0 aromatic heterocycles. The van der Waals surface area contributed by atoms with Crippen LogP contribution in [0.25, 0.3) is 0 Å². The number of amides is 1. The quantitative estimate of drug-likeness (QED) is 0.722. The molecule has 0 heterocycles. The van der Waals surface area contributed by atoms with Crippen molar-refractivity contribution in [3.8, 4) is 0 Å². The largest absolute Gasteiger partial charge is 0.353 e. The molecule has 0 spiro atoms. The van der Waals surface area contributed by atoms with Gasteiger partial charge in [0.25, 0.3) is 0 Å². The Bertz CT molecular complexity index is 182. The van der Waals surface area contributed by atoms with E-state index in [0.717, 1.165) is 0 Å². The van der Waals surface area contributed by atoms with Crippen molar-refractivity contribution < 1.29 is 4.79 Å². The van der Waals surface area contributed by atoms with Crippen molar-refractivity contribution in [1.29, 1.82) is 0 Å². The molecule has 1 unspecified atom stereocenters. The number of hydrogen-bond acceptors (Lipinski definition) is 2. The highest BCUT2D eigenvalue weighted by Crippen LogP contribution is 2.17. The second kappa shape index (κ2) is 5.35. The second-order valence-corrected chi connectivity index (χ2v) is 5.19. The number of hydrogen-bond donors (Lipinski definition) is 2. The molecule has 1 amide bonds. The van der Waals surface area contributed by atoms with Gasteiger partial charge >= 0.3 is 0 Å². The van der Waals surface area contributed by atoms with Gasteiger partial charge in [0.1, 0.15) is 0 Å². The van der Waals surface area contributed by atoms with Crippen molar-refractivity contribution in [2.24, 2.45) is 5.41 Å². The maximum atomic E-state index is 11.3. The second-order valence-electron chi connectivity index (χ2n) is 5.19. The van der Waals surface area contributed by atoms with Gasteiger partial charge in [-0.15, -0.1) is 0 Å². The van der Waals surface area contributed by atoms with E-state index in [2.05, 4.69) is 38.3 Å². The molecule has 0 aliphatic carbocycles. The highest BCUT2D eigenvalue weighted by Gasteiger charge is 2.19. The highest BCUT2D eigenvalue weighted by molar-refractivity contribution is 5.78. The van der Waals surface area contributed by atoms with Gasteiger partial charge in [-0.2, -0.15) is 0 Å². The zero-order valence-electron chi connectivity index (χ0n) is 10.3. The van der Waals surface area contributed by atoms with E-state index in [-0.39, 0.29) is 17.4 Å². The van der Waals surface area contributed by atoms with Gasteiger partial charge in [0.2, 0.25) is 5.91 Å². The van der Waals surface area contributed by atoms with E-state index in [9.17, 15) is 4.79 Å². The predicted molar refractivity (Wildman–Crippen MR) is 60.2 cm³/mol. The lowest BCUT2D eigenvalue weighted by molar-refractivity contribution is -0.120. The minimum atomic E-state index is 0.0658. The van der Waals surface area contributed by atoms with Gasteiger partial charge in [-0.25, -0.2) is 0 Å². The summed E-state index contributed by atoms with van der Waals surface area (Å²) in [5.74, 6) is 0.0658. The minimum Gasteiger partial charge on any atom is -0.353 e. The van der Waals surface area contributed by atoms with Crippen LogP contribution in [0.15, 0.2) is 0 Å². The summed E-state index contributed by atoms with van der Waals surface area (Å²) >= 11 is 0. The lowest BCUT2D eigenvalue weighted by atomic mass is 9.88. The first-order valence-electron chi connectivity index (χ1n) is 5.26. The summed E-state index contributed by atoms with van der Waals surface area (Å²) in [6.07, 6.45) is 0. The van der Waals surface area contributed by atoms with Crippen molar-refractivity contribution >= 4 is 5.91 Å². The van der Waals surface area contributed by atoms with Gasteiger partial charge in [-0.1, -0.05) is 20.8 Å². The van der Waals surface area contributed by atoms with Crippen LogP contribution in [0.2, 0.25) is 0 Å². The Labute approximate surface area is 87.6 Å². The van der Waals surface area contributed by atoms with Crippen LogP contribution >= 0.6 is 0 Å². The molecule has 0 fully saturated rings. The van der Waals surface area contributed by atoms with Crippen molar-refractivity contribution in [3.05, 3.63) is 0 Å². The van der Waals surface area contributed by atoms with E-state index in [4.69, 9.17) is 0 Å². The summed E-state index contributed by atoms with van der Waals surface area (Å²) in [7, 11) is 0. The fraction of sp³-hybridized carbons (Fsp3) is 0.909. The van der Waals surface area contributed by atoms with E-state index < -0.39 is 0 Å². The third-order valence-corrected chi connectivity index (χ3v) is 2.32. The van der Waals surface area contributed by atoms with Crippen LogP contribution in [0.5, 0.6) is 0 Å². The molecule has 0 aliphatic rings. The average molecular weight is 200 g/mol. The van der Waals surface area contributed by atoms with Gasteiger partial charge < -0.3 is 10.6 Å². The van der Waals surface area contributed by atoms with E-state index in [1.54, 1.807) is 0 Å². The number of carbonyl (C=O) groups excluding carboxylic acids is 1. The van der Waals surface area contributed by atoms with Crippen molar-refractivity contribution in [2.45, 2.75) is 53.6 Å². The molecule has 14 heavy (non-hydrogen) atoms. The Balaban J connectivity index is 3.78. The summed E-state index contributed by atoms with van der Waals surface area (Å²) in [5.41, 5.74) is 0.193. The maximum absolute atomic E-state index is 11.3. The van der Waals surface area contributed by atoms with Crippen LogP contribution in [-0.4, -0.2) is 24.5 Å². The number of carbonyl (C=O) groups is 1. The maximum Gasteiger partial charge on any atom is 0.234 e. The first-order valence-corrected chi connectivity index (χ1v) is 5.26. The first-order chi connectivity index (χ1) is 6.23. The van der Waals surface area contributed by atoms with E-state index in [1.165, 1.54) is 0 Å². The number of rotatable bonds is 4. The van der Waals surface area contributed by atoms with Gasteiger partial charge in [-0.05, 0) is 26.2 Å². The van der Waals surface area contributed by atoms with Gasteiger partial charge in [0.15, 0.2) is 0 Å². The van der Waals surface area contributed by atoms with Crippen molar-refractivity contribution in [1.82, 2.24) is 10.6 Å². The Kier molecular flexibility index (Phi) is 5.13. The molecule has 0 aromatic carbocycles. The molecule has 0 radical (unpaired) electrons. The summed E-state index contributed by atoms with van der Waals surface area (Å²) in [6.45, 7) is 12.9. The Hall–Kier alpha value is -0.570. The summed E-state index contributed by atoms with van der Waals surface area (Å²) < 4.78 is 0. The van der Waals surface area contributed by atoms with E-state index in [1.807, 2.05) is 13.8 Å². The number of nitrogens with one attached hydrogen (secondary N) is 2. The molecule has 1 atom stereocenters. The van der Waals surface area contributed by atoms with Gasteiger partial charge in [-0.3, -0.25) is 4.79 Å². The Morgan fingerprint density at radius 1 is 1.21 bits per heavy atom. The van der Waals surface area contributed by atoms with Crippen LogP contribution < -0.4 is 10.6 Å². The van der Waals surface area contributed by atoms with Crippen LogP contribution in [0.3, 0.4) is 0 Å². The third-order valence-electron chi connectivity index (χ3n) is 2.32. The first kappa shape index (κ1) is 13.4. The Morgan fingerprint density at radius 2 is 1.71 bits per heavy atom. The average Bonchev–Trinajstić information content (AvgIpc) is 1.96. The molecule has 84 valence electrons. The molecule has 0 saturated carbocycles. The molecular formula is C11H24N2O. The van der Waals surface area contributed by atoms with Crippen LogP contribution in [0.4, 0.5) is 0 Å². The molecule has 3 heteroatoms. The lowest BCUT2D eigenvalue weighted by Gasteiger charge is -2.28. The molecule has 0 bridgehead atoms. The van der Waals surface area contributed by atoms with Crippen LogP contribution in [0, 0.1) is 5.41 Å². The molecule has 0 rings (SSSR count). The topological polar surface area (TPSA) is 41.1 Å². The molecule has 2 N–H and O–H groups in total. The standard InChI is InChI=1S/C11H24N2O/c1-8(2)13-10(14)7-12-9(3)11(4,5)6/h8-9,12H,7H2,1-6H3,(H,13,14). The minimum absolute atomic E-state index is 0.0658. The van der Waals surface area contributed by atoms with Crippen molar-refractivity contribution in [2.75, 3.05) is 6.54 Å². The predicted octanol–water partition coefficient (Wildman–Crippen LogP) is 1.54. The molecule has 0 saturated heterocycles. The SMILES string of the molecule is CC(C)NC(=O)CNC(C)C(C)(C)C. The molecule has 3 nitrogen and oxygen atoms in total. The zero-order valence-corrected chi connectivity index (χ0v) is 10.3. The van der Waals surface area contributed by atoms with Gasteiger partial charge in [0.05, 0.1) is 6.54 Å². The molecule has 0 aliphatic heterocycles. The fourth-order valence-electron chi connectivity index (χ4n) is 0.925. The summed E-state index contributed by atoms with van der Waals surface area (Å²) in [5, 5.41) is 6.06. The fourth-order valence-corrected chi connectivity index (χ4v) is 0.925. The van der Waals surface area contributed by atoms with Crippen LogP contribution in [-0.2, 0) is 4.79 Å². The molecular weight excluding hydrogens is 176 g/mol. The van der Waals surface area contributed by atoms with E-state index >= 15 is 0 Å². The smallest absolute Gasteiger partial charge is 0.234 e. The van der Waals surface area contributed by atoms with Gasteiger partial charge in [0, 0.05) is 12.1 Å². The van der Waals surface area contributed by atoms with E-state index in [0.29, 0.717) is 12.6 Å². The monoisotopic (exact) mass is 200 g/mol. The summed E-state index contributed by atoms with van der Waals surface area (Å²) in [4.78, 5) is 11.3. The zero-order chi connectivity index (χ0) is 11.4. The summed E-state index contributed by atoms with van der Waals surface area (Å²) in [6, 6.07) is 0.551. The Morgan fingerprint density at radius 3 is 2.07 bits per heavy atom. The highest BCUT2D eigenvalue weighted by atomic mass is 16.1. The van der Waals surface area contributed by atoms with Crippen molar-refractivity contribution in [3.63, 3.8) is 0 Å². The third kappa shape index (κ3) is 5.97. The van der Waals surface area contributed by atoms with Crippen LogP contribution in [0.1, 0.15) is 41.5 Å². The lowest BCUT2D eigenvalue weighted by Crippen LogP contribution is -2.44.